The van der Waals surface area contributed by atoms with Gasteiger partial charge < -0.3 is 15.5 Å². The Kier molecular flexibility index (Phi) is 8.98. The van der Waals surface area contributed by atoms with Gasteiger partial charge in [-0.1, -0.05) is 43.5 Å². The van der Waals surface area contributed by atoms with E-state index in [9.17, 15) is 14.4 Å². The predicted molar refractivity (Wildman–Crippen MR) is 155 cm³/mol. The zero-order chi connectivity index (χ0) is 28.8. The van der Waals surface area contributed by atoms with Crippen molar-refractivity contribution in [1.82, 2.24) is 30.2 Å². The van der Waals surface area contributed by atoms with E-state index < -0.39 is 6.04 Å². The second kappa shape index (κ2) is 12.6. The van der Waals surface area contributed by atoms with Gasteiger partial charge in [-0.15, -0.1) is 13.2 Å². The molecule has 0 bridgehead atoms. The minimum absolute atomic E-state index is 0.0242. The van der Waals surface area contributed by atoms with Crippen LogP contribution in [0, 0.1) is 12.8 Å². The van der Waals surface area contributed by atoms with Gasteiger partial charge >= 0.3 is 0 Å². The van der Waals surface area contributed by atoms with Crippen LogP contribution in [-0.2, 0) is 4.79 Å². The molecule has 40 heavy (non-hydrogen) atoms. The van der Waals surface area contributed by atoms with E-state index in [-0.39, 0.29) is 29.7 Å². The lowest BCUT2D eigenvalue weighted by molar-refractivity contribution is -0.119. The number of anilines is 1. The molecule has 1 aliphatic carbocycles. The molecule has 0 spiro atoms. The Morgan fingerprint density at radius 3 is 2.38 bits per heavy atom. The van der Waals surface area contributed by atoms with Crippen LogP contribution in [0.1, 0.15) is 64.8 Å². The molecule has 1 aromatic carbocycles. The maximum absolute atomic E-state index is 13.6. The average molecular weight is 544 g/mol. The van der Waals surface area contributed by atoms with E-state index in [4.69, 9.17) is 0 Å². The second-order valence-electron chi connectivity index (χ2n) is 10.3. The molecule has 3 amide bonds. The highest BCUT2D eigenvalue weighted by molar-refractivity contribution is 6.01. The minimum Gasteiger partial charge on any atom is -0.343 e. The molecule has 210 valence electrons. The number of amides is 3. The number of rotatable bonds is 10. The van der Waals surface area contributed by atoms with E-state index in [1.165, 1.54) is 9.58 Å². The number of H-pyrrole nitrogens is 1. The molecule has 1 saturated carbocycles. The molecule has 0 unspecified atom stereocenters. The Morgan fingerprint density at radius 1 is 1.07 bits per heavy atom. The van der Waals surface area contributed by atoms with E-state index in [0.29, 0.717) is 22.8 Å². The van der Waals surface area contributed by atoms with Crippen LogP contribution in [0.5, 0.6) is 0 Å². The summed E-state index contributed by atoms with van der Waals surface area (Å²) in [5.41, 5.74) is 3.57. The van der Waals surface area contributed by atoms with Crippen LogP contribution >= 0.6 is 0 Å². The third-order valence-electron chi connectivity index (χ3n) is 7.37. The zero-order valence-electron chi connectivity index (χ0n) is 23.3. The van der Waals surface area contributed by atoms with Crippen LogP contribution in [0.2, 0.25) is 0 Å². The van der Waals surface area contributed by atoms with Crippen molar-refractivity contribution in [3.8, 4) is 11.1 Å². The predicted octanol–water partition coefficient (Wildman–Crippen LogP) is 4.51. The van der Waals surface area contributed by atoms with Gasteiger partial charge in [-0.3, -0.25) is 19.5 Å². The number of aromatic amines is 1. The zero-order valence-corrected chi connectivity index (χ0v) is 23.3. The van der Waals surface area contributed by atoms with Crippen molar-refractivity contribution in [2.45, 2.75) is 51.1 Å². The van der Waals surface area contributed by atoms with Gasteiger partial charge in [-0.25, -0.2) is 4.68 Å². The summed E-state index contributed by atoms with van der Waals surface area (Å²) in [6.07, 6.45) is 9.73. The molecule has 10 nitrogen and oxygen atoms in total. The molecular formula is C30H37N7O3. The Balaban J connectivity index is 1.54. The summed E-state index contributed by atoms with van der Waals surface area (Å²) in [7, 11) is 3.38. The van der Waals surface area contributed by atoms with Crippen LogP contribution in [0.25, 0.3) is 11.1 Å². The first-order valence-electron chi connectivity index (χ1n) is 13.5. The first-order valence-corrected chi connectivity index (χ1v) is 13.5. The van der Waals surface area contributed by atoms with Crippen LogP contribution < -0.4 is 10.6 Å². The summed E-state index contributed by atoms with van der Waals surface area (Å²) in [6, 6.07) is 7.84. The summed E-state index contributed by atoms with van der Waals surface area (Å²) in [5.74, 6) is -0.796. The van der Waals surface area contributed by atoms with Crippen molar-refractivity contribution in [2.24, 2.45) is 5.92 Å². The smallest absolute Gasteiger partial charge is 0.272 e. The summed E-state index contributed by atoms with van der Waals surface area (Å²) < 4.78 is 1.54. The summed E-state index contributed by atoms with van der Waals surface area (Å²) in [6.45, 7) is 9.42. The molecule has 10 heteroatoms. The van der Waals surface area contributed by atoms with Crippen molar-refractivity contribution in [2.75, 3.05) is 19.4 Å². The minimum atomic E-state index is -0.706. The van der Waals surface area contributed by atoms with Crippen LogP contribution in [0.15, 0.2) is 61.8 Å². The molecule has 2 aromatic heterocycles. The standard InChI is InChI=1S/C30H37N7O3/c1-6-23(7-2)37-24(17-18-31-37)28(38)33-26(21-11-9-8-10-12-21)29(39)32-22-15-13-20(14-16-22)25-19(3)34-35-27(25)30(40)36(4)5/h6-7,13-18,21,23,26H,1-2,8-12H2,3-5H3,(H,32,39)(H,33,38)(H,34,35)/t26-/m0/s1. The average Bonchev–Trinajstić information content (AvgIpc) is 3.60. The topological polar surface area (TPSA) is 125 Å². The first kappa shape index (κ1) is 28.5. The Hall–Kier alpha value is -4.47. The fraction of sp³-hybridized carbons (Fsp3) is 0.367. The number of nitrogens with one attached hydrogen (secondary N) is 3. The van der Waals surface area contributed by atoms with Gasteiger partial charge in [0.15, 0.2) is 0 Å². The van der Waals surface area contributed by atoms with Gasteiger partial charge in [-0.2, -0.15) is 10.2 Å². The number of carbonyl (C=O) groups excluding carboxylic acids is 3. The molecule has 0 aliphatic heterocycles. The van der Waals surface area contributed by atoms with Crippen molar-refractivity contribution in [3.63, 3.8) is 0 Å². The SMILES string of the molecule is C=CC(C=C)n1nccc1C(=O)N[C@H](C(=O)Nc1ccc(-c2c(C)n[nH]c2C(=O)N(C)C)cc1)C1CCCCC1. The highest BCUT2D eigenvalue weighted by Gasteiger charge is 2.32. The van der Waals surface area contributed by atoms with E-state index in [2.05, 4.69) is 39.1 Å². The number of nitrogens with zero attached hydrogens (tertiary/aromatic N) is 4. The Bertz CT molecular complexity index is 1370. The molecule has 2 heterocycles. The quantitative estimate of drug-likeness (QED) is 0.325. The normalized spacial score (nSPS) is 14.4. The van der Waals surface area contributed by atoms with Gasteiger partial charge in [0.2, 0.25) is 5.91 Å². The fourth-order valence-electron chi connectivity index (χ4n) is 5.21. The molecule has 3 aromatic rings. The van der Waals surface area contributed by atoms with Crippen molar-refractivity contribution in [3.05, 3.63) is 78.9 Å². The molecule has 0 radical (unpaired) electrons. The van der Waals surface area contributed by atoms with Crippen LogP contribution in [-0.4, -0.2) is 62.7 Å². The fourth-order valence-corrected chi connectivity index (χ4v) is 5.21. The highest BCUT2D eigenvalue weighted by Crippen LogP contribution is 2.30. The molecular weight excluding hydrogens is 506 g/mol. The van der Waals surface area contributed by atoms with E-state index in [1.54, 1.807) is 50.6 Å². The van der Waals surface area contributed by atoms with Gasteiger partial charge in [0, 0.05) is 31.5 Å². The van der Waals surface area contributed by atoms with Crippen LogP contribution in [0.3, 0.4) is 0 Å². The lowest BCUT2D eigenvalue weighted by Gasteiger charge is -2.30. The molecule has 1 aliphatic rings. The number of allylic oxidation sites excluding steroid dienone is 2. The summed E-state index contributed by atoms with van der Waals surface area (Å²) in [5, 5.41) is 17.3. The Labute approximate surface area is 234 Å². The number of aryl methyl sites for hydroxylation is 1. The number of benzene rings is 1. The first-order chi connectivity index (χ1) is 19.2. The maximum Gasteiger partial charge on any atom is 0.272 e. The van der Waals surface area contributed by atoms with Gasteiger partial charge in [0.1, 0.15) is 17.4 Å². The third kappa shape index (κ3) is 6.06. The highest BCUT2D eigenvalue weighted by atomic mass is 16.2. The van der Waals surface area contributed by atoms with Crippen molar-refractivity contribution >= 4 is 23.4 Å². The van der Waals surface area contributed by atoms with E-state index >= 15 is 0 Å². The Morgan fingerprint density at radius 2 is 1.75 bits per heavy atom. The molecule has 1 atom stereocenters. The molecule has 4 rings (SSSR count). The molecule has 3 N–H and O–H groups in total. The number of hydrogen-bond acceptors (Lipinski definition) is 5. The monoisotopic (exact) mass is 543 g/mol. The van der Waals surface area contributed by atoms with Crippen LogP contribution in [0.4, 0.5) is 5.69 Å². The van der Waals surface area contributed by atoms with Crippen molar-refractivity contribution < 1.29 is 14.4 Å². The summed E-state index contributed by atoms with van der Waals surface area (Å²) >= 11 is 0. The number of aromatic nitrogens is 4. The second-order valence-corrected chi connectivity index (χ2v) is 10.3. The summed E-state index contributed by atoms with van der Waals surface area (Å²) in [4.78, 5) is 41.0. The lowest BCUT2D eigenvalue weighted by Crippen LogP contribution is -2.49. The van der Waals surface area contributed by atoms with Crippen molar-refractivity contribution in [1.29, 1.82) is 0 Å². The molecule has 0 saturated heterocycles. The van der Waals surface area contributed by atoms with E-state index in [0.717, 1.165) is 43.2 Å². The van der Waals surface area contributed by atoms with E-state index in [1.807, 2.05) is 19.1 Å². The maximum atomic E-state index is 13.6. The van der Waals surface area contributed by atoms with Gasteiger partial charge in [-0.05, 0) is 49.4 Å². The van der Waals surface area contributed by atoms with Gasteiger partial charge in [0.25, 0.3) is 11.8 Å². The largest absolute Gasteiger partial charge is 0.343 e. The molecule has 1 fully saturated rings. The number of hydrogen-bond donors (Lipinski definition) is 3. The van der Waals surface area contributed by atoms with Gasteiger partial charge in [0.05, 0.1) is 11.7 Å². The third-order valence-corrected chi connectivity index (χ3v) is 7.37. The lowest BCUT2D eigenvalue weighted by atomic mass is 9.83. The number of carbonyl (C=O) groups is 3.